The van der Waals surface area contributed by atoms with Gasteiger partial charge in [0.05, 0.1) is 17.6 Å². The van der Waals surface area contributed by atoms with Gasteiger partial charge in [0.2, 0.25) is 0 Å². The first-order valence-electron chi connectivity index (χ1n) is 7.50. The van der Waals surface area contributed by atoms with Gasteiger partial charge in [-0.25, -0.2) is 9.38 Å². The van der Waals surface area contributed by atoms with E-state index in [0.29, 0.717) is 5.56 Å². The second kappa shape index (κ2) is 4.94. The maximum Gasteiger partial charge on any atom is 0.126 e. The monoisotopic (exact) mass is 296 g/mol. The standard InChI is InChI=1S/C19H21FN2/c1-12-7-6-8-15-18(12)21-11-22(5)19(15,4)16-9-14(3)17(20)10-13(16)2/h6-11H,1-5H3. The van der Waals surface area contributed by atoms with Gasteiger partial charge in [-0.05, 0) is 56.0 Å². The minimum absolute atomic E-state index is 0.151. The zero-order valence-electron chi connectivity index (χ0n) is 13.7. The Balaban J connectivity index is 2.32. The zero-order valence-corrected chi connectivity index (χ0v) is 13.7. The third-order valence-corrected chi connectivity index (χ3v) is 4.86. The number of benzene rings is 2. The molecule has 0 spiro atoms. The number of hydrogen-bond acceptors (Lipinski definition) is 2. The molecule has 0 bridgehead atoms. The Bertz CT molecular complexity index is 779. The van der Waals surface area contributed by atoms with Gasteiger partial charge in [0, 0.05) is 12.6 Å². The first-order valence-corrected chi connectivity index (χ1v) is 7.50. The zero-order chi connectivity index (χ0) is 16.1. The van der Waals surface area contributed by atoms with E-state index in [-0.39, 0.29) is 11.4 Å². The normalized spacial score (nSPS) is 20.2. The molecule has 0 amide bonds. The van der Waals surface area contributed by atoms with E-state index in [4.69, 9.17) is 0 Å². The van der Waals surface area contributed by atoms with Crippen LogP contribution in [0.3, 0.4) is 0 Å². The van der Waals surface area contributed by atoms with Crippen LogP contribution in [0, 0.1) is 26.6 Å². The van der Waals surface area contributed by atoms with E-state index in [1.807, 2.05) is 33.3 Å². The molecule has 0 aliphatic carbocycles. The smallest absolute Gasteiger partial charge is 0.126 e. The summed E-state index contributed by atoms with van der Waals surface area (Å²) < 4.78 is 13.9. The Labute approximate surface area is 131 Å². The molecule has 2 aromatic rings. The molecule has 0 aromatic heterocycles. The fourth-order valence-corrected chi connectivity index (χ4v) is 3.31. The SMILES string of the molecule is Cc1cc(C2(C)c3cccc(C)c3N=CN2C)c(C)cc1F. The highest BCUT2D eigenvalue weighted by molar-refractivity contribution is 5.74. The number of aryl methyl sites for hydroxylation is 3. The highest BCUT2D eigenvalue weighted by Gasteiger charge is 2.38. The third kappa shape index (κ3) is 1.96. The number of hydrogen-bond donors (Lipinski definition) is 0. The molecule has 1 aliphatic rings. The number of para-hydroxylation sites is 1. The van der Waals surface area contributed by atoms with Gasteiger partial charge < -0.3 is 4.90 Å². The van der Waals surface area contributed by atoms with Crippen LogP contribution < -0.4 is 0 Å². The summed E-state index contributed by atoms with van der Waals surface area (Å²) in [6.07, 6.45) is 1.87. The van der Waals surface area contributed by atoms with E-state index >= 15 is 0 Å². The number of aliphatic imine (C=N–C) groups is 1. The van der Waals surface area contributed by atoms with Crippen molar-refractivity contribution in [3.05, 3.63) is 64.0 Å². The van der Waals surface area contributed by atoms with Crippen molar-refractivity contribution in [2.24, 2.45) is 4.99 Å². The van der Waals surface area contributed by atoms with Gasteiger partial charge in [0.25, 0.3) is 0 Å². The van der Waals surface area contributed by atoms with Gasteiger partial charge in [-0.15, -0.1) is 0 Å². The number of nitrogens with zero attached hydrogens (tertiary/aromatic N) is 2. The van der Waals surface area contributed by atoms with Crippen LogP contribution in [-0.4, -0.2) is 18.3 Å². The molecule has 1 unspecified atom stereocenters. The lowest BCUT2D eigenvalue weighted by Gasteiger charge is -2.43. The molecular formula is C19H21FN2. The molecule has 0 saturated heterocycles. The number of fused-ring (bicyclic) bond motifs is 1. The molecule has 3 rings (SSSR count). The lowest BCUT2D eigenvalue weighted by Crippen LogP contribution is -2.44. The molecule has 1 atom stereocenters. The summed E-state index contributed by atoms with van der Waals surface area (Å²) in [7, 11) is 2.02. The van der Waals surface area contributed by atoms with Crippen molar-refractivity contribution in [1.29, 1.82) is 0 Å². The molecule has 0 radical (unpaired) electrons. The molecule has 114 valence electrons. The summed E-state index contributed by atoms with van der Waals surface area (Å²) in [5.74, 6) is -0.151. The second-order valence-electron chi connectivity index (χ2n) is 6.32. The molecule has 1 aliphatic heterocycles. The van der Waals surface area contributed by atoms with Crippen molar-refractivity contribution in [1.82, 2.24) is 4.90 Å². The van der Waals surface area contributed by atoms with Crippen LogP contribution in [0.25, 0.3) is 0 Å². The molecule has 0 fully saturated rings. The van der Waals surface area contributed by atoms with Gasteiger partial charge in [-0.3, -0.25) is 0 Å². The van der Waals surface area contributed by atoms with Crippen LogP contribution in [-0.2, 0) is 5.54 Å². The molecule has 3 heteroatoms. The largest absolute Gasteiger partial charge is 0.352 e. The van der Waals surface area contributed by atoms with Crippen LogP contribution in [0.4, 0.5) is 10.1 Å². The van der Waals surface area contributed by atoms with E-state index in [0.717, 1.165) is 27.9 Å². The Morgan fingerprint density at radius 1 is 1.00 bits per heavy atom. The average molecular weight is 296 g/mol. The van der Waals surface area contributed by atoms with Crippen molar-refractivity contribution < 1.29 is 4.39 Å². The van der Waals surface area contributed by atoms with Gasteiger partial charge >= 0.3 is 0 Å². The van der Waals surface area contributed by atoms with Crippen molar-refractivity contribution in [3.63, 3.8) is 0 Å². The third-order valence-electron chi connectivity index (χ3n) is 4.86. The Hall–Kier alpha value is -2.16. The molecule has 1 heterocycles. The van der Waals surface area contributed by atoms with Crippen LogP contribution in [0.1, 0.15) is 34.7 Å². The van der Waals surface area contributed by atoms with E-state index in [1.54, 1.807) is 6.07 Å². The lowest BCUT2D eigenvalue weighted by molar-refractivity contribution is 0.290. The predicted octanol–water partition coefficient (Wildman–Crippen LogP) is 4.62. The van der Waals surface area contributed by atoms with E-state index in [9.17, 15) is 4.39 Å². The topological polar surface area (TPSA) is 15.6 Å². The molecular weight excluding hydrogens is 275 g/mol. The minimum Gasteiger partial charge on any atom is -0.352 e. The maximum atomic E-state index is 13.9. The van der Waals surface area contributed by atoms with E-state index < -0.39 is 0 Å². The van der Waals surface area contributed by atoms with Gasteiger partial charge in [-0.2, -0.15) is 0 Å². The molecule has 0 N–H and O–H groups in total. The number of rotatable bonds is 1. The van der Waals surface area contributed by atoms with Crippen molar-refractivity contribution in [3.8, 4) is 0 Å². The first-order chi connectivity index (χ1) is 10.4. The highest BCUT2D eigenvalue weighted by atomic mass is 19.1. The summed E-state index contributed by atoms with van der Waals surface area (Å²) in [5.41, 5.74) is 5.73. The van der Waals surface area contributed by atoms with Gasteiger partial charge in [-0.1, -0.05) is 24.3 Å². The first kappa shape index (κ1) is 14.8. The van der Waals surface area contributed by atoms with Crippen molar-refractivity contribution >= 4 is 12.0 Å². The molecule has 2 aromatic carbocycles. The quantitative estimate of drug-likeness (QED) is 0.749. The van der Waals surface area contributed by atoms with Gasteiger partial charge in [0.1, 0.15) is 5.82 Å². The van der Waals surface area contributed by atoms with Crippen LogP contribution in [0.2, 0.25) is 0 Å². The predicted molar refractivity (Wildman–Crippen MR) is 89.4 cm³/mol. The highest BCUT2D eigenvalue weighted by Crippen LogP contribution is 2.44. The molecule has 2 nitrogen and oxygen atoms in total. The molecule has 22 heavy (non-hydrogen) atoms. The summed E-state index contributed by atoms with van der Waals surface area (Å²) in [6.45, 7) is 8.04. The number of halogens is 1. The summed E-state index contributed by atoms with van der Waals surface area (Å²) in [6, 6.07) is 9.85. The maximum absolute atomic E-state index is 13.9. The average Bonchev–Trinajstić information content (AvgIpc) is 2.47. The van der Waals surface area contributed by atoms with Crippen LogP contribution >= 0.6 is 0 Å². The van der Waals surface area contributed by atoms with Crippen LogP contribution in [0.15, 0.2) is 35.3 Å². The summed E-state index contributed by atoms with van der Waals surface area (Å²) in [5, 5.41) is 0. The second-order valence-corrected chi connectivity index (χ2v) is 6.32. The Morgan fingerprint density at radius 2 is 1.73 bits per heavy atom. The lowest BCUT2D eigenvalue weighted by atomic mass is 9.78. The fraction of sp³-hybridized carbons (Fsp3) is 0.316. The van der Waals surface area contributed by atoms with Crippen molar-refractivity contribution in [2.45, 2.75) is 33.2 Å². The minimum atomic E-state index is -0.356. The fourth-order valence-electron chi connectivity index (χ4n) is 3.31. The van der Waals surface area contributed by atoms with E-state index in [2.05, 4.69) is 41.9 Å². The van der Waals surface area contributed by atoms with Crippen molar-refractivity contribution in [2.75, 3.05) is 7.05 Å². The van der Waals surface area contributed by atoms with Gasteiger partial charge in [0.15, 0.2) is 0 Å². The molecule has 0 saturated carbocycles. The Morgan fingerprint density at radius 3 is 2.45 bits per heavy atom. The van der Waals surface area contributed by atoms with E-state index in [1.165, 1.54) is 0 Å². The summed E-state index contributed by atoms with van der Waals surface area (Å²) in [4.78, 5) is 6.70. The Kier molecular flexibility index (Phi) is 3.32. The van der Waals surface area contributed by atoms with Crippen LogP contribution in [0.5, 0.6) is 0 Å². The summed E-state index contributed by atoms with van der Waals surface area (Å²) >= 11 is 0.